The van der Waals surface area contributed by atoms with Crippen LogP contribution in [0.3, 0.4) is 0 Å². The number of ketones is 1. The van der Waals surface area contributed by atoms with Gasteiger partial charge in [0.15, 0.2) is 5.78 Å². The van der Waals surface area contributed by atoms with Crippen molar-refractivity contribution in [3.05, 3.63) is 0 Å². The molecule has 1 amide bonds. The smallest absolute Gasteiger partial charge is 0.222 e. The topological polar surface area (TPSA) is 55.4 Å². The van der Waals surface area contributed by atoms with Crippen molar-refractivity contribution >= 4 is 11.7 Å². The fourth-order valence-electron chi connectivity index (χ4n) is 1.46. The van der Waals surface area contributed by atoms with Gasteiger partial charge in [-0.25, -0.2) is 0 Å². The lowest BCUT2D eigenvalue weighted by Crippen LogP contribution is -2.40. The molecule has 17 heavy (non-hydrogen) atoms. The Labute approximate surface area is 104 Å². The highest BCUT2D eigenvalue weighted by atomic mass is 16.5. The normalized spacial score (nSPS) is 12.2. The minimum Gasteiger partial charge on any atom is -0.381 e. The molecular formula is C13H25NO3. The zero-order valence-corrected chi connectivity index (χ0v) is 11.3. The molecule has 4 heteroatoms. The van der Waals surface area contributed by atoms with Crippen LogP contribution >= 0.6 is 0 Å². The molecule has 1 N–H and O–H groups in total. The molecule has 0 aromatic rings. The Morgan fingerprint density at radius 2 is 1.88 bits per heavy atom. The number of rotatable bonds is 10. The summed E-state index contributed by atoms with van der Waals surface area (Å²) in [5.74, 6) is -0.0707. The minimum atomic E-state index is -0.325. The molecule has 1 atom stereocenters. The Bertz CT molecular complexity index is 229. The first-order valence-electron chi connectivity index (χ1n) is 6.49. The molecule has 0 aliphatic carbocycles. The van der Waals surface area contributed by atoms with E-state index >= 15 is 0 Å². The van der Waals surface area contributed by atoms with E-state index < -0.39 is 0 Å². The van der Waals surface area contributed by atoms with Crippen LogP contribution in [0.1, 0.15) is 52.9 Å². The summed E-state index contributed by atoms with van der Waals surface area (Å²) in [5, 5.41) is 2.76. The zero-order chi connectivity index (χ0) is 13.1. The molecule has 0 heterocycles. The van der Waals surface area contributed by atoms with E-state index in [1.807, 2.05) is 6.92 Å². The van der Waals surface area contributed by atoms with Gasteiger partial charge in [0.05, 0.1) is 12.6 Å². The fourth-order valence-corrected chi connectivity index (χ4v) is 1.46. The van der Waals surface area contributed by atoms with Gasteiger partial charge < -0.3 is 10.1 Å². The molecule has 0 fully saturated rings. The van der Waals surface area contributed by atoms with E-state index in [1.165, 1.54) is 6.92 Å². The molecule has 0 aromatic carbocycles. The molecule has 0 aliphatic heterocycles. The molecule has 0 spiro atoms. The number of carbonyl (C=O) groups excluding carboxylic acids is 2. The average Bonchev–Trinajstić information content (AvgIpc) is 2.29. The highest BCUT2D eigenvalue weighted by Gasteiger charge is 2.15. The lowest BCUT2D eigenvalue weighted by atomic mass is 10.1. The number of ether oxygens (including phenoxy) is 1. The zero-order valence-electron chi connectivity index (χ0n) is 11.3. The van der Waals surface area contributed by atoms with E-state index in [0.29, 0.717) is 19.6 Å². The standard InChI is InChI=1S/C13H25NO3/c1-4-6-7-12(11(3)15)14-13(16)8-10-17-9-5-2/h12H,4-10H2,1-3H3,(H,14,16). The van der Waals surface area contributed by atoms with E-state index in [-0.39, 0.29) is 17.7 Å². The maximum absolute atomic E-state index is 11.5. The summed E-state index contributed by atoms with van der Waals surface area (Å²) in [7, 11) is 0. The monoisotopic (exact) mass is 243 g/mol. The number of nitrogens with one attached hydrogen (secondary N) is 1. The number of hydrogen-bond acceptors (Lipinski definition) is 3. The summed E-state index contributed by atoms with van der Waals surface area (Å²) in [6.07, 6.45) is 3.99. The van der Waals surface area contributed by atoms with Gasteiger partial charge >= 0.3 is 0 Å². The summed E-state index contributed by atoms with van der Waals surface area (Å²) in [6, 6.07) is -0.325. The first kappa shape index (κ1) is 16.1. The second-order valence-corrected chi connectivity index (χ2v) is 4.24. The first-order valence-corrected chi connectivity index (χ1v) is 6.49. The summed E-state index contributed by atoms with van der Waals surface area (Å²) >= 11 is 0. The van der Waals surface area contributed by atoms with Gasteiger partial charge in [-0.15, -0.1) is 0 Å². The molecule has 0 saturated heterocycles. The van der Waals surface area contributed by atoms with Crippen LogP contribution < -0.4 is 5.32 Å². The van der Waals surface area contributed by atoms with E-state index in [2.05, 4.69) is 12.2 Å². The number of hydrogen-bond donors (Lipinski definition) is 1. The first-order chi connectivity index (χ1) is 8.11. The maximum Gasteiger partial charge on any atom is 0.222 e. The largest absolute Gasteiger partial charge is 0.381 e. The molecule has 0 aliphatic rings. The van der Waals surface area contributed by atoms with Gasteiger partial charge in [0.25, 0.3) is 0 Å². The third kappa shape index (κ3) is 8.86. The highest BCUT2D eigenvalue weighted by Crippen LogP contribution is 2.02. The van der Waals surface area contributed by atoms with Crippen LogP contribution in [0.4, 0.5) is 0 Å². The van der Waals surface area contributed by atoms with Gasteiger partial charge in [0.2, 0.25) is 5.91 Å². The lowest BCUT2D eigenvalue weighted by molar-refractivity contribution is -0.127. The predicted molar refractivity (Wildman–Crippen MR) is 67.9 cm³/mol. The molecule has 0 aromatic heterocycles. The minimum absolute atomic E-state index is 0.0290. The van der Waals surface area contributed by atoms with Crippen LogP contribution in [0.25, 0.3) is 0 Å². The molecule has 4 nitrogen and oxygen atoms in total. The second-order valence-electron chi connectivity index (χ2n) is 4.24. The number of amides is 1. The fraction of sp³-hybridized carbons (Fsp3) is 0.846. The molecule has 0 rings (SSSR count). The molecule has 0 saturated carbocycles. The summed E-state index contributed by atoms with van der Waals surface area (Å²) < 4.78 is 5.23. The van der Waals surface area contributed by atoms with Crippen molar-refractivity contribution in [3.63, 3.8) is 0 Å². The van der Waals surface area contributed by atoms with Crippen LogP contribution in [0.5, 0.6) is 0 Å². The number of carbonyl (C=O) groups is 2. The van der Waals surface area contributed by atoms with E-state index in [4.69, 9.17) is 4.74 Å². The van der Waals surface area contributed by atoms with Gasteiger partial charge in [-0.2, -0.15) is 0 Å². The maximum atomic E-state index is 11.5. The van der Waals surface area contributed by atoms with Gasteiger partial charge in [-0.1, -0.05) is 26.7 Å². The van der Waals surface area contributed by atoms with Crippen LogP contribution in [0, 0.1) is 0 Å². The Kier molecular flexibility index (Phi) is 9.72. The Balaban J connectivity index is 3.83. The van der Waals surface area contributed by atoms with Gasteiger partial charge in [0.1, 0.15) is 0 Å². The quantitative estimate of drug-likeness (QED) is 0.598. The second kappa shape index (κ2) is 10.3. The molecule has 1 unspecified atom stereocenters. The van der Waals surface area contributed by atoms with Crippen molar-refractivity contribution in [2.24, 2.45) is 0 Å². The molecule has 0 radical (unpaired) electrons. The number of Topliss-reactive ketones (excluding diaryl/α,β-unsaturated/α-hetero) is 1. The Morgan fingerprint density at radius 3 is 2.41 bits per heavy atom. The predicted octanol–water partition coefficient (Wildman–Crippen LogP) is 2.07. The van der Waals surface area contributed by atoms with Crippen molar-refractivity contribution < 1.29 is 14.3 Å². The van der Waals surface area contributed by atoms with Crippen LogP contribution in [0.2, 0.25) is 0 Å². The van der Waals surface area contributed by atoms with Crippen molar-refractivity contribution in [3.8, 4) is 0 Å². The van der Waals surface area contributed by atoms with E-state index in [9.17, 15) is 9.59 Å². The summed E-state index contributed by atoms with van der Waals surface area (Å²) in [4.78, 5) is 22.9. The lowest BCUT2D eigenvalue weighted by Gasteiger charge is -2.15. The van der Waals surface area contributed by atoms with Gasteiger partial charge in [-0.3, -0.25) is 9.59 Å². The molecular weight excluding hydrogens is 218 g/mol. The SMILES string of the molecule is CCCCC(NC(=O)CCOCCC)C(C)=O. The Morgan fingerprint density at radius 1 is 1.18 bits per heavy atom. The van der Waals surface area contributed by atoms with Crippen molar-refractivity contribution in [1.29, 1.82) is 0 Å². The molecule has 100 valence electrons. The van der Waals surface area contributed by atoms with Crippen LogP contribution in [0.15, 0.2) is 0 Å². The van der Waals surface area contributed by atoms with Crippen molar-refractivity contribution in [1.82, 2.24) is 5.32 Å². The third-order valence-electron chi connectivity index (χ3n) is 2.49. The van der Waals surface area contributed by atoms with Crippen LogP contribution in [-0.4, -0.2) is 30.9 Å². The molecule has 0 bridgehead atoms. The van der Waals surface area contributed by atoms with E-state index in [0.717, 1.165) is 25.7 Å². The van der Waals surface area contributed by atoms with Gasteiger partial charge in [0, 0.05) is 13.0 Å². The summed E-state index contributed by atoms with van der Waals surface area (Å²) in [5.41, 5.74) is 0. The van der Waals surface area contributed by atoms with E-state index in [1.54, 1.807) is 0 Å². The van der Waals surface area contributed by atoms with Crippen molar-refractivity contribution in [2.45, 2.75) is 58.9 Å². The third-order valence-corrected chi connectivity index (χ3v) is 2.49. The highest BCUT2D eigenvalue weighted by molar-refractivity contribution is 5.87. The number of unbranched alkanes of at least 4 members (excludes halogenated alkanes) is 1. The summed E-state index contributed by atoms with van der Waals surface area (Å²) in [6.45, 7) is 6.72. The van der Waals surface area contributed by atoms with Crippen LogP contribution in [-0.2, 0) is 14.3 Å². The van der Waals surface area contributed by atoms with Crippen molar-refractivity contribution in [2.75, 3.05) is 13.2 Å². The van der Waals surface area contributed by atoms with Gasteiger partial charge in [-0.05, 0) is 19.8 Å². The Hall–Kier alpha value is -0.900. The average molecular weight is 243 g/mol.